The van der Waals surface area contributed by atoms with Crippen LogP contribution in [0.15, 0.2) is 54.6 Å². The Kier molecular flexibility index (Phi) is 6.51. The minimum atomic E-state index is -0.603. The van der Waals surface area contributed by atoms with E-state index in [-0.39, 0.29) is 18.6 Å². The molecule has 2 aromatic rings. The van der Waals surface area contributed by atoms with Gasteiger partial charge in [-0.2, -0.15) is 0 Å². The summed E-state index contributed by atoms with van der Waals surface area (Å²) in [6, 6.07) is 15.4. The van der Waals surface area contributed by atoms with Crippen molar-refractivity contribution >= 4 is 34.9 Å². The van der Waals surface area contributed by atoms with Crippen molar-refractivity contribution < 1.29 is 19.1 Å². The summed E-state index contributed by atoms with van der Waals surface area (Å²) in [5, 5.41) is 2.94. The molecule has 0 saturated carbocycles. The summed E-state index contributed by atoms with van der Waals surface area (Å²) in [6.45, 7) is -0.427. The van der Waals surface area contributed by atoms with E-state index in [1.807, 2.05) is 6.07 Å². The number of rotatable bonds is 7. The molecule has 0 atom stereocenters. The zero-order valence-corrected chi connectivity index (χ0v) is 13.6. The summed E-state index contributed by atoms with van der Waals surface area (Å²) < 4.78 is 4.86. The van der Waals surface area contributed by atoms with Gasteiger partial charge in [0, 0.05) is 12.0 Å². The Morgan fingerprint density at radius 1 is 0.917 bits per heavy atom. The molecule has 0 saturated heterocycles. The first-order chi connectivity index (χ1) is 11.6. The van der Waals surface area contributed by atoms with Crippen molar-refractivity contribution in [1.29, 1.82) is 0 Å². The summed E-state index contributed by atoms with van der Waals surface area (Å²) in [4.78, 5) is 35.2. The fourth-order valence-electron chi connectivity index (χ4n) is 1.95. The highest BCUT2D eigenvalue weighted by atomic mass is 35.5. The van der Waals surface area contributed by atoms with E-state index in [1.54, 1.807) is 48.5 Å². The van der Waals surface area contributed by atoms with E-state index in [0.29, 0.717) is 16.3 Å². The third-order valence-electron chi connectivity index (χ3n) is 3.16. The third kappa shape index (κ3) is 5.52. The van der Waals surface area contributed by atoms with Crippen molar-refractivity contribution in [2.45, 2.75) is 12.8 Å². The minimum absolute atomic E-state index is 0.0367. The van der Waals surface area contributed by atoms with E-state index in [1.165, 1.54) is 0 Å². The molecule has 0 radical (unpaired) electrons. The smallest absolute Gasteiger partial charge is 0.306 e. The molecular formula is C18H16ClNO4. The van der Waals surface area contributed by atoms with Crippen LogP contribution in [0.25, 0.3) is 0 Å². The van der Waals surface area contributed by atoms with Gasteiger partial charge in [-0.05, 0) is 12.1 Å². The number of nitrogens with one attached hydrogen (secondary N) is 1. The molecule has 0 aliphatic heterocycles. The zero-order valence-electron chi connectivity index (χ0n) is 12.8. The molecule has 124 valence electrons. The Hall–Kier alpha value is -2.66. The van der Waals surface area contributed by atoms with Crippen LogP contribution < -0.4 is 5.32 Å². The predicted octanol–water partition coefficient (Wildman–Crippen LogP) is 3.48. The Balaban J connectivity index is 1.72. The molecule has 0 spiro atoms. The van der Waals surface area contributed by atoms with Crippen LogP contribution in [0, 0.1) is 0 Å². The maximum atomic E-state index is 11.9. The maximum absolute atomic E-state index is 11.9. The standard InChI is InChI=1S/C18H16ClNO4/c19-14-8-4-5-9-15(14)20-17(22)12-24-18(23)11-10-16(21)13-6-2-1-3-7-13/h1-9H,10-12H2,(H,20,22). The van der Waals surface area contributed by atoms with E-state index < -0.39 is 18.5 Å². The molecule has 0 fully saturated rings. The van der Waals surface area contributed by atoms with Crippen molar-refractivity contribution in [2.75, 3.05) is 11.9 Å². The van der Waals surface area contributed by atoms with E-state index in [9.17, 15) is 14.4 Å². The van der Waals surface area contributed by atoms with Gasteiger partial charge in [-0.3, -0.25) is 14.4 Å². The second-order valence-corrected chi connectivity index (χ2v) is 5.39. The third-order valence-corrected chi connectivity index (χ3v) is 3.49. The number of anilines is 1. The largest absolute Gasteiger partial charge is 0.456 e. The number of ether oxygens (including phenoxy) is 1. The quantitative estimate of drug-likeness (QED) is 0.616. The lowest BCUT2D eigenvalue weighted by atomic mass is 10.1. The molecule has 1 amide bonds. The molecule has 0 heterocycles. The van der Waals surface area contributed by atoms with Gasteiger partial charge in [-0.25, -0.2) is 0 Å². The highest BCUT2D eigenvalue weighted by Gasteiger charge is 2.12. The van der Waals surface area contributed by atoms with Gasteiger partial charge in [0.1, 0.15) is 0 Å². The average Bonchev–Trinajstić information content (AvgIpc) is 2.60. The van der Waals surface area contributed by atoms with E-state index in [0.717, 1.165) is 0 Å². The van der Waals surface area contributed by atoms with Gasteiger partial charge in [0.2, 0.25) is 0 Å². The molecule has 0 aliphatic rings. The van der Waals surface area contributed by atoms with E-state index >= 15 is 0 Å². The summed E-state index contributed by atoms with van der Waals surface area (Å²) in [7, 11) is 0. The molecule has 5 nitrogen and oxygen atoms in total. The molecule has 2 aromatic carbocycles. The number of esters is 1. The molecule has 0 bridgehead atoms. The van der Waals surface area contributed by atoms with E-state index in [4.69, 9.17) is 16.3 Å². The lowest BCUT2D eigenvalue weighted by Crippen LogP contribution is -2.21. The SMILES string of the molecule is O=C(COC(=O)CCC(=O)c1ccccc1)Nc1ccccc1Cl. The van der Waals surface area contributed by atoms with Crippen LogP contribution in [-0.2, 0) is 14.3 Å². The van der Waals surface area contributed by atoms with Crippen molar-refractivity contribution in [3.63, 3.8) is 0 Å². The summed E-state index contributed by atoms with van der Waals surface area (Å²) in [5.41, 5.74) is 0.987. The molecular weight excluding hydrogens is 330 g/mol. The first-order valence-corrected chi connectivity index (χ1v) is 7.72. The topological polar surface area (TPSA) is 72.5 Å². The van der Waals surface area contributed by atoms with E-state index in [2.05, 4.69) is 5.32 Å². The van der Waals surface area contributed by atoms with Crippen molar-refractivity contribution in [3.05, 3.63) is 65.2 Å². The molecule has 6 heteroatoms. The lowest BCUT2D eigenvalue weighted by Gasteiger charge is -2.07. The van der Waals surface area contributed by atoms with Crippen molar-refractivity contribution in [2.24, 2.45) is 0 Å². The first kappa shape index (κ1) is 17.7. The number of hydrogen-bond acceptors (Lipinski definition) is 4. The fourth-order valence-corrected chi connectivity index (χ4v) is 2.13. The van der Waals surface area contributed by atoms with Gasteiger partial charge < -0.3 is 10.1 Å². The van der Waals surface area contributed by atoms with Gasteiger partial charge in [-0.1, -0.05) is 54.1 Å². The Bertz CT molecular complexity index is 731. The Labute approximate surface area is 144 Å². The van der Waals surface area contributed by atoms with Crippen LogP contribution >= 0.6 is 11.6 Å². The van der Waals surface area contributed by atoms with Crippen molar-refractivity contribution in [1.82, 2.24) is 0 Å². The maximum Gasteiger partial charge on any atom is 0.306 e. The van der Waals surface area contributed by atoms with Gasteiger partial charge in [-0.15, -0.1) is 0 Å². The highest BCUT2D eigenvalue weighted by molar-refractivity contribution is 6.33. The predicted molar refractivity (Wildman–Crippen MR) is 91.0 cm³/mol. The highest BCUT2D eigenvalue weighted by Crippen LogP contribution is 2.20. The van der Waals surface area contributed by atoms with Gasteiger partial charge in [0.15, 0.2) is 12.4 Å². The number of carbonyl (C=O) groups is 3. The van der Waals surface area contributed by atoms with Gasteiger partial charge in [0.25, 0.3) is 5.91 Å². The average molecular weight is 346 g/mol. The van der Waals surface area contributed by atoms with Crippen LogP contribution in [0.4, 0.5) is 5.69 Å². The second-order valence-electron chi connectivity index (χ2n) is 4.98. The number of para-hydroxylation sites is 1. The van der Waals surface area contributed by atoms with Gasteiger partial charge in [0.05, 0.1) is 17.1 Å². The zero-order chi connectivity index (χ0) is 17.4. The Morgan fingerprint density at radius 3 is 2.29 bits per heavy atom. The number of hydrogen-bond donors (Lipinski definition) is 1. The number of ketones is 1. The first-order valence-electron chi connectivity index (χ1n) is 7.34. The molecule has 1 N–H and O–H groups in total. The van der Waals surface area contributed by atoms with Crippen LogP contribution in [0.2, 0.25) is 5.02 Å². The summed E-state index contributed by atoms with van der Waals surface area (Å²) >= 11 is 5.91. The molecule has 0 aliphatic carbocycles. The second kappa shape index (κ2) is 8.84. The fraction of sp³-hybridized carbons (Fsp3) is 0.167. The van der Waals surface area contributed by atoms with Gasteiger partial charge >= 0.3 is 5.97 Å². The van der Waals surface area contributed by atoms with Crippen LogP contribution in [-0.4, -0.2) is 24.3 Å². The number of carbonyl (C=O) groups excluding carboxylic acids is 3. The van der Waals surface area contributed by atoms with Crippen LogP contribution in [0.3, 0.4) is 0 Å². The number of amides is 1. The number of benzene rings is 2. The number of Topliss-reactive ketones (excluding diaryl/α,β-unsaturated/α-hetero) is 1. The monoisotopic (exact) mass is 345 g/mol. The summed E-state index contributed by atoms with van der Waals surface area (Å²) in [6.07, 6.45) is -0.0396. The molecule has 2 rings (SSSR count). The summed E-state index contributed by atoms with van der Waals surface area (Å²) in [5.74, 6) is -1.24. The van der Waals surface area contributed by atoms with Crippen LogP contribution in [0.5, 0.6) is 0 Å². The minimum Gasteiger partial charge on any atom is -0.456 e. The molecule has 0 aromatic heterocycles. The molecule has 0 unspecified atom stereocenters. The van der Waals surface area contributed by atoms with Crippen LogP contribution in [0.1, 0.15) is 23.2 Å². The molecule has 24 heavy (non-hydrogen) atoms. The normalized spacial score (nSPS) is 10.0. The van der Waals surface area contributed by atoms with Crippen molar-refractivity contribution in [3.8, 4) is 0 Å². The Morgan fingerprint density at radius 2 is 1.58 bits per heavy atom. The number of halogens is 1. The lowest BCUT2D eigenvalue weighted by molar-refractivity contribution is -0.147.